The highest BCUT2D eigenvalue weighted by molar-refractivity contribution is 9.10. The molecule has 108 valence electrons. The van der Waals surface area contributed by atoms with Crippen LogP contribution in [0.15, 0.2) is 22.7 Å². The topological polar surface area (TPSA) is 50.4 Å². The van der Waals surface area contributed by atoms with Gasteiger partial charge in [-0.2, -0.15) is 0 Å². The summed E-state index contributed by atoms with van der Waals surface area (Å²) in [5, 5.41) is 5.80. The third-order valence-corrected chi connectivity index (χ3v) is 2.93. The van der Waals surface area contributed by atoms with Gasteiger partial charge in [0.2, 0.25) is 0 Å². The first-order chi connectivity index (χ1) is 8.65. The molecule has 2 N–H and O–H groups in total. The van der Waals surface area contributed by atoms with Gasteiger partial charge in [-0.05, 0) is 34.1 Å². The zero-order valence-corrected chi connectivity index (χ0v) is 12.9. The van der Waals surface area contributed by atoms with Gasteiger partial charge in [0, 0.05) is 31.2 Å². The highest BCUT2D eigenvalue weighted by Gasteiger charge is 2.10. The van der Waals surface area contributed by atoms with Crippen molar-refractivity contribution in [1.29, 1.82) is 0 Å². The van der Waals surface area contributed by atoms with Crippen molar-refractivity contribution in [2.45, 2.75) is 0 Å². The number of halogens is 3. The van der Waals surface area contributed by atoms with Crippen molar-refractivity contribution in [2.75, 3.05) is 33.4 Å². The Morgan fingerprint density at radius 3 is 2.79 bits per heavy atom. The van der Waals surface area contributed by atoms with Crippen LogP contribution in [-0.4, -0.2) is 39.3 Å². The zero-order chi connectivity index (χ0) is 13.4. The van der Waals surface area contributed by atoms with E-state index in [0.717, 1.165) is 6.54 Å². The molecular formula is C12H17BrClFN2O2. The fraction of sp³-hybridized carbons (Fsp3) is 0.417. The Morgan fingerprint density at radius 2 is 2.11 bits per heavy atom. The van der Waals surface area contributed by atoms with Crippen LogP contribution in [-0.2, 0) is 4.74 Å². The molecule has 4 nitrogen and oxygen atoms in total. The van der Waals surface area contributed by atoms with Crippen LogP contribution in [0.3, 0.4) is 0 Å². The Labute approximate surface area is 126 Å². The van der Waals surface area contributed by atoms with Crippen LogP contribution in [0.1, 0.15) is 10.4 Å². The summed E-state index contributed by atoms with van der Waals surface area (Å²) in [6.45, 7) is 2.48. The molecule has 19 heavy (non-hydrogen) atoms. The molecule has 1 amide bonds. The standard InChI is InChI=1S/C12H16BrFN2O2.ClH/c1-18-7-6-15-4-5-16-12(17)10-8-9(14)2-3-11(10)13;/h2-3,8,15H,4-7H2,1H3,(H,16,17);1H. The minimum absolute atomic E-state index is 0. The average molecular weight is 356 g/mol. The van der Waals surface area contributed by atoms with Crippen LogP contribution in [0.2, 0.25) is 0 Å². The number of carbonyl (C=O) groups excluding carboxylic acids is 1. The van der Waals surface area contributed by atoms with Gasteiger partial charge in [-0.25, -0.2) is 4.39 Å². The van der Waals surface area contributed by atoms with Crippen molar-refractivity contribution in [3.05, 3.63) is 34.1 Å². The van der Waals surface area contributed by atoms with E-state index < -0.39 is 5.82 Å². The first-order valence-electron chi connectivity index (χ1n) is 5.58. The SMILES string of the molecule is COCCNCCNC(=O)c1cc(F)ccc1Br.Cl. The Bertz CT molecular complexity index is 407. The van der Waals surface area contributed by atoms with E-state index in [9.17, 15) is 9.18 Å². The lowest BCUT2D eigenvalue weighted by Gasteiger charge is -2.08. The molecule has 0 aliphatic carbocycles. The number of rotatable bonds is 7. The van der Waals surface area contributed by atoms with Crippen LogP contribution in [0, 0.1) is 5.82 Å². The van der Waals surface area contributed by atoms with Crippen LogP contribution >= 0.6 is 28.3 Å². The number of benzene rings is 1. The van der Waals surface area contributed by atoms with Crippen molar-refractivity contribution in [2.24, 2.45) is 0 Å². The highest BCUT2D eigenvalue weighted by atomic mass is 79.9. The summed E-state index contributed by atoms with van der Waals surface area (Å²) in [5.41, 5.74) is 0.298. The minimum Gasteiger partial charge on any atom is -0.383 e. The number of nitrogens with one attached hydrogen (secondary N) is 2. The number of amides is 1. The Morgan fingerprint density at radius 1 is 1.37 bits per heavy atom. The first kappa shape index (κ1) is 18.3. The van der Waals surface area contributed by atoms with Gasteiger partial charge < -0.3 is 15.4 Å². The molecule has 0 atom stereocenters. The molecule has 0 radical (unpaired) electrons. The van der Waals surface area contributed by atoms with E-state index in [4.69, 9.17) is 4.74 Å². The highest BCUT2D eigenvalue weighted by Crippen LogP contribution is 2.17. The van der Waals surface area contributed by atoms with Gasteiger partial charge >= 0.3 is 0 Å². The predicted octanol–water partition coefficient (Wildman–Crippen LogP) is 1.98. The third-order valence-electron chi connectivity index (χ3n) is 2.24. The minimum atomic E-state index is -0.429. The lowest BCUT2D eigenvalue weighted by atomic mass is 10.2. The zero-order valence-electron chi connectivity index (χ0n) is 10.5. The van der Waals surface area contributed by atoms with E-state index in [1.807, 2.05) is 0 Å². The third kappa shape index (κ3) is 6.87. The normalized spacial score (nSPS) is 9.84. The van der Waals surface area contributed by atoms with E-state index in [1.165, 1.54) is 18.2 Å². The molecular weight excluding hydrogens is 338 g/mol. The molecule has 1 aromatic rings. The number of ether oxygens (including phenoxy) is 1. The first-order valence-corrected chi connectivity index (χ1v) is 6.37. The fourth-order valence-electron chi connectivity index (χ4n) is 1.33. The van der Waals surface area contributed by atoms with Crippen molar-refractivity contribution < 1.29 is 13.9 Å². The maximum atomic E-state index is 13.0. The van der Waals surface area contributed by atoms with Crippen LogP contribution in [0.4, 0.5) is 4.39 Å². The van der Waals surface area contributed by atoms with Gasteiger partial charge in [0.15, 0.2) is 0 Å². The molecule has 0 saturated carbocycles. The van der Waals surface area contributed by atoms with E-state index in [0.29, 0.717) is 29.7 Å². The summed E-state index contributed by atoms with van der Waals surface area (Å²) in [4.78, 5) is 11.7. The average Bonchev–Trinajstić information content (AvgIpc) is 2.36. The molecule has 0 aliphatic heterocycles. The molecule has 0 aromatic heterocycles. The molecule has 0 heterocycles. The summed E-state index contributed by atoms with van der Waals surface area (Å²) in [6.07, 6.45) is 0. The molecule has 0 saturated heterocycles. The van der Waals surface area contributed by atoms with Gasteiger partial charge in [0.25, 0.3) is 5.91 Å². The molecule has 0 bridgehead atoms. The summed E-state index contributed by atoms with van der Waals surface area (Å²) in [6, 6.07) is 4.02. The lowest BCUT2D eigenvalue weighted by molar-refractivity contribution is 0.0952. The molecule has 1 rings (SSSR count). The van der Waals surface area contributed by atoms with Crippen LogP contribution < -0.4 is 10.6 Å². The maximum absolute atomic E-state index is 13.0. The molecule has 1 aromatic carbocycles. The largest absolute Gasteiger partial charge is 0.383 e. The van der Waals surface area contributed by atoms with E-state index >= 15 is 0 Å². The van der Waals surface area contributed by atoms with E-state index in [-0.39, 0.29) is 18.3 Å². The molecule has 0 aliphatic rings. The number of carbonyl (C=O) groups is 1. The van der Waals surface area contributed by atoms with Gasteiger partial charge in [0.05, 0.1) is 12.2 Å². The summed E-state index contributed by atoms with van der Waals surface area (Å²) < 4.78 is 18.5. The maximum Gasteiger partial charge on any atom is 0.252 e. The fourth-order valence-corrected chi connectivity index (χ4v) is 1.76. The lowest BCUT2D eigenvalue weighted by Crippen LogP contribution is -2.33. The van der Waals surface area contributed by atoms with Gasteiger partial charge in [0.1, 0.15) is 5.82 Å². The second-order valence-corrected chi connectivity index (χ2v) is 4.48. The summed E-state index contributed by atoms with van der Waals surface area (Å²) >= 11 is 3.21. The predicted molar refractivity (Wildman–Crippen MR) is 78.4 cm³/mol. The number of methoxy groups -OCH3 is 1. The molecule has 7 heteroatoms. The second-order valence-electron chi connectivity index (χ2n) is 3.62. The second kappa shape index (κ2) is 10.1. The van der Waals surface area contributed by atoms with E-state index in [2.05, 4.69) is 26.6 Å². The monoisotopic (exact) mass is 354 g/mol. The smallest absolute Gasteiger partial charge is 0.252 e. The van der Waals surface area contributed by atoms with Crippen molar-refractivity contribution in [1.82, 2.24) is 10.6 Å². The van der Waals surface area contributed by atoms with E-state index in [1.54, 1.807) is 7.11 Å². The Kier molecular flexibility index (Phi) is 9.77. The van der Waals surface area contributed by atoms with Crippen molar-refractivity contribution >= 4 is 34.2 Å². The Hall–Kier alpha value is -0.690. The summed E-state index contributed by atoms with van der Waals surface area (Å²) in [7, 11) is 1.63. The number of hydrogen-bond donors (Lipinski definition) is 2. The van der Waals surface area contributed by atoms with Crippen LogP contribution in [0.5, 0.6) is 0 Å². The summed E-state index contributed by atoms with van der Waals surface area (Å²) in [5.74, 6) is -0.725. The van der Waals surface area contributed by atoms with Crippen molar-refractivity contribution in [3.8, 4) is 0 Å². The molecule has 0 unspecified atom stereocenters. The van der Waals surface area contributed by atoms with Gasteiger partial charge in [-0.3, -0.25) is 4.79 Å². The van der Waals surface area contributed by atoms with Gasteiger partial charge in [-0.1, -0.05) is 0 Å². The molecule has 0 fully saturated rings. The van der Waals surface area contributed by atoms with Crippen molar-refractivity contribution in [3.63, 3.8) is 0 Å². The number of hydrogen-bond acceptors (Lipinski definition) is 3. The molecule has 0 spiro atoms. The quantitative estimate of drug-likeness (QED) is 0.735. The van der Waals surface area contributed by atoms with Gasteiger partial charge in [-0.15, -0.1) is 12.4 Å². The van der Waals surface area contributed by atoms with Crippen LogP contribution in [0.25, 0.3) is 0 Å². The Balaban J connectivity index is 0.00000324.